The zero-order valence-corrected chi connectivity index (χ0v) is 9.44. The van der Waals surface area contributed by atoms with Crippen molar-refractivity contribution < 1.29 is 15.0 Å². The Kier molecular flexibility index (Phi) is 3.28. The van der Waals surface area contributed by atoms with Gasteiger partial charge in [0.25, 0.3) is 0 Å². The SMILES string of the molecule is O=C1CCc2cc(C(O)C(O)CCl)ccc21. The normalized spacial score (nSPS) is 18.3. The van der Waals surface area contributed by atoms with Crippen LogP contribution in [0.15, 0.2) is 18.2 Å². The number of aliphatic hydroxyl groups is 2. The second-order valence-corrected chi connectivity index (χ2v) is 4.31. The zero-order chi connectivity index (χ0) is 11.7. The van der Waals surface area contributed by atoms with E-state index < -0.39 is 12.2 Å². The number of ketones is 1. The maximum atomic E-state index is 11.4. The fourth-order valence-electron chi connectivity index (χ4n) is 1.97. The monoisotopic (exact) mass is 240 g/mol. The molecular weight excluding hydrogens is 228 g/mol. The standard InChI is InChI=1S/C12H13ClO3/c13-6-11(15)12(16)8-1-3-9-7(5-8)2-4-10(9)14/h1,3,5,11-12,15-16H,2,4,6H2. The van der Waals surface area contributed by atoms with Crippen molar-refractivity contribution in [1.82, 2.24) is 0 Å². The van der Waals surface area contributed by atoms with Crippen molar-refractivity contribution >= 4 is 17.4 Å². The van der Waals surface area contributed by atoms with Gasteiger partial charge in [0.2, 0.25) is 0 Å². The molecule has 2 atom stereocenters. The minimum atomic E-state index is -0.987. The van der Waals surface area contributed by atoms with E-state index in [4.69, 9.17) is 11.6 Å². The summed E-state index contributed by atoms with van der Waals surface area (Å²) in [5.41, 5.74) is 2.29. The maximum Gasteiger partial charge on any atom is 0.163 e. The number of carbonyl (C=O) groups excluding carboxylic acids is 1. The van der Waals surface area contributed by atoms with Gasteiger partial charge >= 0.3 is 0 Å². The van der Waals surface area contributed by atoms with Gasteiger partial charge in [-0.15, -0.1) is 11.6 Å². The molecule has 16 heavy (non-hydrogen) atoms. The van der Waals surface area contributed by atoms with E-state index in [9.17, 15) is 15.0 Å². The molecule has 0 spiro atoms. The first kappa shape index (κ1) is 11.6. The van der Waals surface area contributed by atoms with Crippen molar-refractivity contribution in [3.05, 3.63) is 34.9 Å². The average molecular weight is 241 g/mol. The summed E-state index contributed by atoms with van der Waals surface area (Å²) in [5.74, 6) is 0.130. The number of fused-ring (bicyclic) bond motifs is 1. The molecule has 0 radical (unpaired) electrons. The Labute approximate surface area is 98.7 Å². The fraction of sp³-hybridized carbons (Fsp3) is 0.417. The van der Waals surface area contributed by atoms with Crippen LogP contribution in [-0.4, -0.2) is 28.0 Å². The van der Waals surface area contributed by atoms with Gasteiger partial charge in [-0.3, -0.25) is 4.79 Å². The third-order valence-electron chi connectivity index (χ3n) is 2.92. The van der Waals surface area contributed by atoms with Crippen LogP contribution in [-0.2, 0) is 6.42 Å². The Morgan fingerprint density at radius 3 is 2.75 bits per heavy atom. The predicted octanol–water partition coefficient (Wildman–Crippen LogP) is 1.45. The lowest BCUT2D eigenvalue weighted by Gasteiger charge is -2.16. The number of halogens is 1. The number of hydrogen-bond acceptors (Lipinski definition) is 3. The number of Topliss-reactive ketones (excluding diaryl/α,β-unsaturated/α-hetero) is 1. The quantitative estimate of drug-likeness (QED) is 0.787. The van der Waals surface area contributed by atoms with Gasteiger partial charge in [0, 0.05) is 12.0 Å². The maximum absolute atomic E-state index is 11.4. The molecule has 0 amide bonds. The molecule has 1 aromatic carbocycles. The van der Waals surface area contributed by atoms with Crippen LogP contribution in [0.2, 0.25) is 0 Å². The third kappa shape index (κ3) is 1.98. The van der Waals surface area contributed by atoms with Gasteiger partial charge in [0.1, 0.15) is 6.10 Å². The summed E-state index contributed by atoms with van der Waals surface area (Å²) >= 11 is 5.47. The highest BCUT2D eigenvalue weighted by Crippen LogP contribution is 2.26. The molecule has 2 rings (SSSR count). The highest BCUT2D eigenvalue weighted by molar-refractivity contribution is 6.18. The summed E-state index contributed by atoms with van der Waals surface area (Å²) in [4.78, 5) is 11.4. The van der Waals surface area contributed by atoms with Crippen molar-refractivity contribution in [2.24, 2.45) is 0 Å². The Balaban J connectivity index is 2.28. The molecule has 3 nitrogen and oxygen atoms in total. The number of aryl methyl sites for hydroxylation is 1. The third-order valence-corrected chi connectivity index (χ3v) is 3.23. The summed E-state index contributed by atoms with van der Waals surface area (Å²) in [6.45, 7) is 0. The van der Waals surface area contributed by atoms with Crippen molar-refractivity contribution in [3.8, 4) is 0 Å². The molecule has 0 aliphatic heterocycles. The van der Waals surface area contributed by atoms with E-state index in [2.05, 4.69) is 0 Å². The van der Waals surface area contributed by atoms with Crippen molar-refractivity contribution in [1.29, 1.82) is 0 Å². The Morgan fingerprint density at radius 2 is 2.06 bits per heavy atom. The largest absolute Gasteiger partial charge is 0.389 e. The fourth-order valence-corrected chi connectivity index (χ4v) is 2.13. The van der Waals surface area contributed by atoms with Crippen LogP contribution < -0.4 is 0 Å². The molecule has 2 N–H and O–H groups in total. The first-order chi connectivity index (χ1) is 7.63. The van der Waals surface area contributed by atoms with Crippen molar-refractivity contribution in [3.63, 3.8) is 0 Å². The number of aliphatic hydroxyl groups excluding tert-OH is 2. The van der Waals surface area contributed by atoms with Gasteiger partial charge in [-0.1, -0.05) is 18.2 Å². The van der Waals surface area contributed by atoms with Gasteiger partial charge in [-0.05, 0) is 17.5 Å². The van der Waals surface area contributed by atoms with E-state index in [1.165, 1.54) is 0 Å². The van der Waals surface area contributed by atoms with Crippen LogP contribution in [0.1, 0.15) is 34.0 Å². The molecule has 0 saturated carbocycles. The minimum absolute atomic E-state index is 0.0167. The summed E-state index contributed by atoms with van der Waals surface area (Å²) in [7, 11) is 0. The first-order valence-corrected chi connectivity index (χ1v) is 5.75. The van der Waals surface area contributed by atoms with E-state index in [-0.39, 0.29) is 11.7 Å². The van der Waals surface area contributed by atoms with Crippen molar-refractivity contribution in [2.45, 2.75) is 25.0 Å². The molecule has 0 bridgehead atoms. The van der Waals surface area contributed by atoms with E-state index in [0.717, 1.165) is 11.1 Å². The molecule has 0 heterocycles. The lowest BCUT2D eigenvalue weighted by Crippen LogP contribution is -2.19. The Bertz CT molecular complexity index is 417. The van der Waals surface area contributed by atoms with E-state index >= 15 is 0 Å². The van der Waals surface area contributed by atoms with Crippen LogP contribution >= 0.6 is 11.6 Å². The molecule has 0 aromatic heterocycles. The molecular formula is C12H13ClO3. The lowest BCUT2D eigenvalue weighted by atomic mass is 10.00. The number of rotatable bonds is 3. The minimum Gasteiger partial charge on any atom is -0.389 e. The van der Waals surface area contributed by atoms with Gasteiger partial charge in [-0.25, -0.2) is 0 Å². The molecule has 0 saturated heterocycles. The Morgan fingerprint density at radius 1 is 1.31 bits per heavy atom. The summed E-state index contributed by atoms with van der Waals surface area (Å²) < 4.78 is 0. The zero-order valence-electron chi connectivity index (χ0n) is 8.69. The van der Waals surface area contributed by atoms with E-state index in [1.54, 1.807) is 18.2 Å². The number of hydrogen-bond donors (Lipinski definition) is 2. The van der Waals surface area contributed by atoms with Crippen LogP contribution in [0, 0.1) is 0 Å². The summed E-state index contributed by atoms with van der Waals surface area (Å²) in [6.07, 6.45) is -0.714. The van der Waals surface area contributed by atoms with Crippen LogP contribution in [0.4, 0.5) is 0 Å². The topological polar surface area (TPSA) is 57.5 Å². The number of carbonyl (C=O) groups is 1. The second kappa shape index (κ2) is 4.53. The number of benzene rings is 1. The highest BCUT2D eigenvalue weighted by Gasteiger charge is 2.23. The summed E-state index contributed by atoms with van der Waals surface area (Å²) in [6, 6.07) is 5.16. The molecule has 86 valence electrons. The summed E-state index contributed by atoms with van der Waals surface area (Å²) in [5, 5.41) is 19.2. The van der Waals surface area contributed by atoms with Crippen molar-refractivity contribution in [2.75, 3.05) is 5.88 Å². The van der Waals surface area contributed by atoms with Gasteiger partial charge < -0.3 is 10.2 Å². The van der Waals surface area contributed by atoms with Crippen LogP contribution in [0.25, 0.3) is 0 Å². The average Bonchev–Trinajstić information content (AvgIpc) is 2.68. The predicted molar refractivity (Wildman–Crippen MR) is 60.8 cm³/mol. The molecule has 1 aliphatic rings. The van der Waals surface area contributed by atoms with Crippen LogP contribution in [0.3, 0.4) is 0 Å². The number of alkyl halides is 1. The molecule has 1 aliphatic carbocycles. The lowest BCUT2D eigenvalue weighted by molar-refractivity contribution is 0.0327. The molecule has 1 aromatic rings. The molecule has 0 fully saturated rings. The highest BCUT2D eigenvalue weighted by atomic mass is 35.5. The second-order valence-electron chi connectivity index (χ2n) is 4.01. The van der Waals surface area contributed by atoms with Gasteiger partial charge in [0.15, 0.2) is 5.78 Å². The van der Waals surface area contributed by atoms with E-state index in [1.807, 2.05) is 0 Å². The van der Waals surface area contributed by atoms with E-state index in [0.29, 0.717) is 18.4 Å². The first-order valence-electron chi connectivity index (χ1n) is 5.21. The molecule has 4 heteroatoms. The molecule has 2 unspecified atom stereocenters. The van der Waals surface area contributed by atoms with Crippen LogP contribution in [0.5, 0.6) is 0 Å². The Hall–Kier alpha value is -0.900. The smallest absolute Gasteiger partial charge is 0.163 e. The van der Waals surface area contributed by atoms with Gasteiger partial charge in [0.05, 0.1) is 12.0 Å². The van der Waals surface area contributed by atoms with Gasteiger partial charge in [-0.2, -0.15) is 0 Å².